The number of likely N-dealkylation sites (tertiary alicyclic amines) is 1. The van der Waals surface area contributed by atoms with Gasteiger partial charge in [0.25, 0.3) is 0 Å². The van der Waals surface area contributed by atoms with Crippen molar-refractivity contribution in [3.8, 4) is 0 Å². The number of carbonyl (C=O) groups is 1. The molecule has 2 unspecified atom stereocenters. The molecule has 1 saturated carbocycles. The third-order valence-electron chi connectivity index (χ3n) is 5.66. The summed E-state index contributed by atoms with van der Waals surface area (Å²) < 4.78 is 6.93. The van der Waals surface area contributed by atoms with Gasteiger partial charge in [-0.25, -0.2) is 4.99 Å². The van der Waals surface area contributed by atoms with E-state index in [0.717, 1.165) is 24.2 Å². The smallest absolute Gasteiger partial charge is 0.310 e. The number of hydrogen-bond donors (Lipinski definition) is 1. The Bertz CT molecular complexity index is 665. The van der Waals surface area contributed by atoms with Crippen LogP contribution in [0.2, 0.25) is 0 Å². The highest BCUT2D eigenvalue weighted by Gasteiger charge is 2.37. The Morgan fingerprint density at radius 1 is 1.31 bits per heavy atom. The van der Waals surface area contributed by atoms with Crippen LogP contribution >= 0.6 is 0 Å². The summed E-state index contributed by atoms with van der Waals surface area (Å²) in [6.45, 7) is 5.95. The number of carbonyl (C=O) groups excluding carboxylic acids is 1. The van der Waals surface area contributed by atoms with E-state index in [2.05, 4.69) is 27.3 Å². The first-order chi connectivity index (χ1) is 12.5. The standard InChI is InChI=1S/C18H30N6O2/c1-12-10-24(11-15(12)17(25)26-4)18(20-14-7-5-6-8-14)19-9-16-22-21-13(2)23(16)3/h12,14-15H,5-11H2,1-4H3,(H,19,20). The first kappa shape index (κ1) is 18.7. The number of esters is 1. The monoisotopic (exact) mass is 362 g/mol. The summed E-state index contributed by atoms with van der Waals surface area (Å²) in [6.07, 6.45) is 4.86. The number of aliphatic imine (C=N–C) groups is 1. The maximum absolute atomic E-state index is 12.0. The number of hydrogen-bond acceptors (Lipinski definition) is 5. The molecule has 2 atom stereocenters. The lowest BCUT2D eigenvalue weighted by molar-refractivity contribution is -0.145. The van der Waals surface area contributed by atoms with E-state index < -0.39 is 0 Å². The lowest BCUT2D eigenvalue weighted by Gasteiger charge is -2.25. The molecule has 8 nitrogen and oxygen atoms in total. The van der Waals surface area contributed by atoms with E-state index in [0.29, 0.717) is 19.1 Å². The van der Waals surface area contributed by atoms with Crippen molar-refractivity contribution in [3.05, 3.63) is 11.6 Å². The molecule has 1 aliphatic heterocycles. The average Bonchev–Trinajstić information content (AvgIpc) is 3.34. The number of methoxy groups -OCH3 is 1. The number of rotatable bonds is 4. The van der Waals surface area contributed by atoms with Crippen LogP contribution in [0.15, 0.2) is 4.99 Å². The molecule has 8 heteroatoms. The van der Waals surface area contributed by atoms with Crippen LogP contribution in [-0.2, 0) is 23.1 Å². The molecule has 0 bridgehead atoms. The van der Waals surface area contributed by atoms with Crippen molar-refractivity contribution < 1.29 is 9.53 Å². The minimum Gasteiger partial charge on any atom is -0.469 e. The van der Waals surface area contributed by atoms with Crippen LogP contribution in [0.4, 0.5) is 0 Å². The predicted octanol–water partition coefficient (Wildman–Crippen LogP) is 1.25. The first-order valence-corrected chi connectivity index (χ1v) is 9.48. The summed E-state index contributed by atoms with van der Waals surface area (Å²) in [7, 11) is 3.41. The lowest BCUT2D eigenvalue weighted by Crippen LogP contribution is -2.44. The predicted molar refractivity (Wildman–Crippen MR) is 98.5 cm³/mol. The van der Waals surface area contributed by atoms with Crippen LogP contribution in [0.3, 0.4) is 0 Å². The fourth-order valence-electron chi connectivity index (χ4n) is 3.82. The van der Waals surface area contributed by atoms with Gasteiger partial charge in [0.05, 0.1) is 13.0 Å². The summed E-state index contributed by atoms with van der Waals surface area (Å²) in [6, 6.07) is 0.461. The largest absolute Gasteiger partial charge is 0.469 e. The zero-order valence-corrected chi connectivity index (χ0v) is 16.2. The third kappa shape index (κ3) is 3.99. The lowest BCUT2D eigenvalue weighted by atomic mass is 9.99. The van der Waals surface area contributed by atoms with E-state index in [9.17, 15) is 4.79 Å². The molecule has 1 aromatic heterocycles. The Hall–Kier alpha value is -2.12. The number of nitrogens with one attached hydrogen (secondary N) is 1. The molecule has 3 rings (SSSR count). The summed E-state index contributed by atoms with van der Waals surface area (Å²) >= 11 is 0. The summed E-state index contributed by atoms with van der Waals surface area (Å²) in [4.78, 5) is 19.0. The molecule has 1 saturated heterocycles. The van der Waals surface area contributed by atoms with Gasteiger partial charge in [0.1, 0.15) is 12.4 Å². The van der Waals surface area contributed by atoms with Crippen LogP contribution in [0.5, 0.6) is 0 Å². The third-order valence-corrected chi connectivity index (χ3v) is 5.66. The molecule has 0 spiro atoms. The molecule has 1 N–H and O–H groups in total. The molecule has 2 aliphatic rings. The summed E-state index contributed by atoms with van der Waals surface area (Å²) in [5.74, 6) is 2.59. The highest BCUT2D eigenvalue weighted by Crippen LogP contribution is 2.25. The maximum atomic E-state index is 12.0. The van der Waals surface area contributed by atoms with Crippen molar-refractivity contribution in [2.24, 2.45) is 23.9 Å². The molecule has 2 fully saturated rings. The van der Waals surface area contributed by atoms with Crippen molar-refractivity contribution in [1.29, 1.82) is 0 Å². The maximum Gasteiger partial charge on any atom is 0.310 e. The second-order valence-corrected chi connectivity index (χ2v) is 7.50. The molecular weight excluding hydrogens is 332 g/mol. The van der Waals surface area contributed by atoms with Crippen molar-refractivity contribution in [2.45, 2.75) is 52.1 Å². The molecule has 0 radical (unpaired) electrons. The van der Waals surface area contributed by atoms with Gasteiger partial charge in [-0.3, -0.25) is 4.79 Å². The molecule has 0 amide bonds. The molecular formula is C18H30N6O2. The normalized spacial score (nSPS) is 24.3. The van der Waals surface area contributed by atoms with Gasteiger partial charge in [-0.2, -0.15) is 0 Å². The van der Waals surface area contributed by atoms with Crippen LogP contribution in [-0.4, -0.2) is 57.8 Å². The number of aromatic nitrogens is 3. The van der Waals surface area contributed by atoms with Gasteiger partial charge in [0.2, 0.25) is 0 Å². The van der Waals surface area contributed by atoms with E-state index in [-0.39, 0.29) is 17.8 Å². The molecule has 2 heterocycles. The minimum absolute atomic E-state index is 0.104. The van der Waals surface area contributed by atoms with Gasteiger partial charge in [0, 0.05) is 26.2 Å². The number of guanidine groups is 1. The highest BCUT2D eigenvalue weighted by atomic mass is 16.5. The van der Waals surface area contributed by atoms with Crippen LogP contribution in [0.25, 0.3) is 0 Å². The van der Waals surface area contributed by atoms with Gasteiger partial charge in [-0.05, 0) is 25.7 Å². The number of aryl methyl sites for hydroxylation is 1. The van der Waals surface area contributed by atoms with Gasteiger partial charge in [-0.15, -0.1) is 10.2 Å². The average molecular weight is 362 g/mol. The zero-order valence-electron chi connectivity index (χ0n) is 16.2. The fourth-order valence-corrected chi connectivity index (χ4v) is 3.82. The quantitative estimate of drug-likeness (QED) is 0.493. The van der Waals surface area contributed by atoms with E-state index in [4.69, 9.17) is 9.73 Å². The number of ether oxygens (including phenoxy) is 1. The van der Waals surface area contributed by atoms with Gasteiger partial charge >= 0.3 is 5.97 Å². The van der Waals surface area contributed by atoms with Crippen molar-refractivity contribution in [3.63, 3.8) is 0 Å². The van der Waals surface area contributed by atoms with Gasteiger partial charge in [0.15, 0.2) is 11.8 Å². The van der Waals surface area contributed by atoms with E-state index in [1.807, 2.05) is 18.5 Å². The Kier molecular flexibility index (Phi) is 5.78. The Labute approximate surface area is 155 Å². The van der Waals surface area contributed by atoms with Crippen LogP contribution < -0.4 is 5.32 Å². The van der Waals surface area contributed by atoms with Crippen LogP contribution in [0, 0.1) is 18.8 Å². The van der Waals surface area contributed by atoms with Crippen molar-refractivity contribution in [2.75, 3.05) is 20.2 Å². The molecule has 1 aliphatic carbocycles. The number of nitrogens with zero attached hydrogens (tertiary/aromatic N) is 5. The van der Waals surface area contributed by atoms with Gasteiger partial charge < -0.3 is 19.5 Å². The Morgan fingerprint density at radius 3 is 2.65 bits per heavy atom. The van der Waals surface area contributed by atoms with Crippen LogP contribution in [0.1, 0.15) is 44.3 Å². The molecule has 26 heavy (non-hydrogen) atoms. The molecule has 144 valence electrons. The van der Waals surface area contributed by atoms with Gasteiger partial charge in [-0.1, -0.05) is 19.8 Å². The topological polar surface area (TPSA) is 84.6 Å². The van der Waals surface area contributed by atoms with E-state index in [1.54, 1.807) is 0 Å². The molecule has 1 aromatic rings. The van der Waals surface area contributed by atoms with E-state index in [1.165, 1.54) is 32.8 Å². The SMILES string of the molecule is COC(=O)C1CN(C(=NCc2nnc(C)n2C)NC2CCCC2)CC1C. The van der Waals surface area contributed by atoms with Crippen molar-refractivity contribution in [1.82, 2.24) is 25.0 Å². The fraction of sp³-hybridized carbons (Fsp3) is 0.778. The van der Waals surface area contributed by atoms with E-state index >= 15 is 0 Å². The first-order valence-electron chi connectivity index (χ1n) is 9.48. The minimum atomic E-state index is -0.135. The van der Waals surface area contributed by atoms with Crippen molar-refractivity contribution >= 4 is 11.9 Å². The summed E-state index contributed by atoms with van der Waals surface area (Å²) in [5.41, 5.74) is 0. The highest BCUT2D eigenvalue weighted by molar-refractivity contribution is 5.82. The molecule has 0 aromatic carbocycles. The summed E-state index contributed by atoms with van der Waals surface area (Å²) in [5, 5.41) is 11.9. The Balaban J connectivity index is 1.75. The zero-order chi connectivity index (χ0) is 18.7. The second kappa shape index (κ2) is 8.05. The Morgan fingerprint density at radius 2 is 2.04 bits per heavy atom. The second-order valence-electron chi connectivity index (χ2n) is 7.50.